The van der Waals surface area contributed by atoms with Crippen molar-refractivity contribution in [3.05, 3.63) is 63.8 Å². The molecule has 2 fully saturated rings. The molecule has 5 rings (SSSR count). The van der Waals surface area contributed by atoms with Gasteiger partial charge in [-0.15, -0.1) is 0 Å². The zero-order valence-corrected chi connectivity index (χ0v) is 22.1. The van der Waals surface area contributed by atoms with Gasteiger partial charge in [-0.2, -0.15) is 0 Å². The number of allylic oxidation sites excluding steroid dienone is 1. The van der Waals surface area contributed by atoms with Crippen molar-refractivity contribution in [2.24, 2.45) is 24.8 Å². The molecular weight excluding hydrogens is 470 g/mol. The molecule has 2 saturated carbocycles. The summed E-state index contributed by atoms with van der Waals surface area (Å²) in [5.41, 5.74) is 2.12. The van der Waals surface area contributed by atoms with Gasteiger partial charge in [0.25, 0.3) is 11.5 Å². The number of carbonyl (C=O) groups is 1. The molecule has 0 saturated heterocycles. The van der Waals surface area contributed by atoms with Crippen molar-refractivity contribution in [2.75, 3.05) is 13.2 Å². The van der Waals surface area contributed by atoms with E-state index in [1.165, 1.54) is 19.3 Å². The lowest BCUT2D eigenvalue weighted by atomic mass is 9.80. The minimum absolute atomic E-state index is 0.0331. The maximum Gasteiger partial charge on any atom is 0.286 e. The van der Waals surface area contributed by atoms with Crippen LogP contribution in [0.15, 0.2) is 47.0 Å². The van der Waals surface area contributed by atoms with E-state index < -0.39 is 6.29 Å². The molecule has 1 aliphatic heterocycles. The van der Waals surface area contributed by atoms with Crippen LogP contribution in [0.1, 0.15) is 62.6 Å². The summed E-state index contributed by atoms with van der Waals surface area (Å²) < 4.78 is 15.7. The maximum absolute atomic E-state index is 13.9. The van der Waals surface area contributed by atoms with Crippen LogP contribution in [-0.2, 0) is 21.3 Å². The van der Waals surface area contributed by atoms with Gasteiger partial charge in [-0.3, -0.25) is 14.3 Å². The first-order chi connectivity index (χ1) is 17.9. The topological polar surface area (TPSA) is 94.7 Å². The molecule has 8 nitrogen and oxygen atoms in total. The SMILES string of the molecule is CCO[C@@H]1OC(C(=O)NC2CC3CCC2C3)=C[C@H](c2c(C)n(C)n(-c3ccccc3)c2=O)[C@H]1CCCO. The third-order valence-electron chi connectivity index (χ3n) is 8.62. The smallest absolute Gasteiger partial charge is 0.286 e. The number of carbonyl (C=O) groups excluding carboxylic acids is 1. The van der Waals surface area contributed by atoms with Gasteiger partial charge in [0, 0.05) is 49.4 Å². The van der Waals surface area contributed by atoms with Crippen LogP contribution >= 0.6 is 0 Å². The largest absolute Gasteiger partial charge is 0.459 e. The summed E-state index contributed by atoms with van der Waals surface area (Å²) in [6.45, 7) is 4.28. The molecule has 6 atom stereocenters. The number of rotatable bonds is 9. The van der Waals surface area contributed by atoms with E-state index in [0.29, 0.717) is 36.8 Å². The van der Waals surface area contributed by atoms with Crippen molar-refractivity contribution >= 4 is 5.91 Å². The first kappa shape index (κ1) is 25.8. The highest BCUT2D eigenvalue weighted by Gasteiger charge is 2.43. The molecule has 2 aliphatic carbocycles. The molecule has 0 radical (unpaired) electrons. The number of nitrogens with zero attached hydrogens (tertiary/aromatic N) is 2. The molecule has 2 N–H and O–H groups in total. The fourth-order valence-corrected chi connectivity index (χ4v) is 6.73. The molecular formula is C29H39N3O5. The van der Waals surface area contributed by atoms with Crippen molar-refractivity contribution in [1.82, 2.24) is 14.7 Å². The minimum Gasteiger partial charge on any atom is -0.459 e. The summed E-state index contributed by atoms with van der Waals surface area (Å²) in [6.07, 6.45) is 6.94. The number of hydrogen-bond acceptors (Lipinski definition) is 5. The standard InChI is InChI=1S/C29H39N3O5/c1-4-36-29-22(11-8-14-33)23(17-25(37-29)27(34)30-24-16-19-12-13-20(24)15-19)26-18(2)31(3)32(28(26)35)21-9-6-5-7-10-21/h5-7,9-10,17,19-20,22-24,29,33H,4,8,11-16H2,1-3H3,(H,30,34)/t19?,20?,22-,23+,24?,29-/m1/s1. The Morgan fingerprint density at radius 2 is 2.00 bits per heavy atom. The average molecular weight is 510 g/mol. The lowest BCUT2D eigenvalue weighted by Crippen LogP contribution is -2.43. The molecule has 3 aliphatic rings. The van der Waals surface area contributed by atoms with Crippen LogP contribution < -0.4 is 10.9 Å². The number of ether oxygens (including phenoxy) is 2. The summed E-state index contributed by atoms with van der Waals surface area (Å²) >= 11 is 0. The molecule has 0 spiro atoms. The number of nitrogens with one attached hydrogen (secondary N) is 1. The van der Waals surface area contributed by atoms with Crippen LogP contribution in [0.5, 0.6) is 0 Å². The first-order valence-corrected chi connectivity index (χ1v) is 13.7. The summed E-state index contributed by atoms with van der Waals surface area (Å²) in [5.74, 6) is 0.644. The van der Waals surface area contributed by atoms with Gasteiger partial charge in [0.2, 0.25) is 6.29 Å². The minimum atomic E-state index is -0.684. The lowest BCUT2D eigenvalue weighted by molar-refractivity contribution is -0.167. The van der Waals surface area contributed by atoms with Crippen molar-refractivity contribution < 1.29 is 19.4 Å². The van der Waals surface area contributed by atoms with Crippen LogP contribution in [-0.4, -0.2) is 45.9 Å². The predicted molar refractivity (Wildman–Crippen MR) is 140 cm³/mol. The van der Waals surface area contributed by atoms with Crippen LogP contribution in [0, 0.1) is 24.7 Å². The van der Waals surface area contributed by atoms with Gasteiger partial charge in [-0.25, -0.2) is 4.68 Å². The van der Waals surface area contributed by atoms with E-state index in [4.69, 9.17) is 9.47 Å². The summed E-state index contributed by atoms with van der Waals surface area (Å²) in [5, 5.41) is 12.8. The van der Waals surface area contributed by atoms with E-state index in [1.54, 1.807) is 4.68 Å². The van der Waals surface area contributed by atoms with Crippen LogP contribution in [0.3, 0.4) is 0 Å². The number of aliphatic hydroxyl groups is 1. The van der Waals surface area contributed by atoms with E-state index >= 15 is 0 Å². The fourth-order valence-electron chi connectivity index (χ4n) is 6.73. The molecule has 2 heterocycles. The summed E-state index contributed by atoms with van der Waals surface area (Å²) in [6, 6.07) is 9.73. The monoisotopic (exact) mass is 509 g/mol. The summed E-state index contributed by atoms with van der Waals surface area (Å²) in [7, 11) is 1.88. The third kappa shape index (κ3) is 4.89. The first-order valence-electron chi connectivity index (χ1n) is 13.7. The van der Waals surface area contributed by atoms with E-state index in [9.17, 15) is 14.7 Å². The van der Waals surface area contributed by atoms with E-state index in [-0.39, 0.29) is 41.7 Å². The lowest BCUT2D eigenvalue weighted by Gasteiger charge is -2.37. The third-order valence-corrected chi connectivity index (χ3v) is 8.62. The average Bonchev–Trinajstić information content (AvgIpc) is 3.57. The molecule has 2 aromatic rings. The van der Waals surface area contributed by atoms with Crippen LogP contribution in [0.25, 0.3) is 5.69 Å². The Kier molecular flexibility index (Phi) is 7.58. The zero-order valence-electron chi connectivity index (χ0n) is 22.1. The quantitative estimate of drug-likeness (QED) is 0.539. The van der Waals surface area contributed by atoms with Gasteiger partial charge in [0.05, 0.1) is 5.69 Å². The van der Waals surface area contributed by atoms with E-state index in [1.807, 2.05) is 62.0 Å². The van der Waals surface area contributed by atoms with Gasteiger partial charge < -0.3 is 19.9 Å². The normalized spacial score (nSPS) is 28.7. The molecule has 1 amide bonds. The van der Waals surface area contributed by atoms with Crippen molar-refractivity contribution in [2.45, 2.75) is 70.6 Å². The molecule has 1 aromatic carbocycles. The highest BCUT2D eigenvalue weighted by atomic mass is 16.7. The Balaban J connectivity index is 1.54. The molecule has 200 valence electrons. The van der Waals surface area contributed by atoms with Crippen LogP contribution in [0.2, 0.25) is 0 Å². The van der Waals surface area contributed by atoms with Gasteiger partial charge in [0.15, 0.2) is 5.76 Å². The Morgan fingerprint density at radius 3 is 2.65 bits per heavy atom. The van der Waals surface area contributed by atoms with Crippen molar-refractivity contribution in [3.63, 3.8) is 0 Å². The maximum atomic E-state index is 13.9. The second-order valence-corrected chi connectivity index (χ2v) is 10.8. The molecule has 3 unspecified atom stereocenters. The van der Waals surface area contributed by atoms with E-state index in [2.05, 4.69) is 5.32 Å². The number of aromatic nitrogens is 2. The van der Waals surface area contributed by atoms with Crippen molar-refractivity contribution in [3.8, 4) is 5.69 Å². The Bertz CT molecular complexity index is 1200. The fraction of sp³-hybridized carbons (Fsp3) is 0.586. The van der Waals surface area contributed by atoms with Gasteiger partial charge in [0.1, 0.15) is 0 Å². The Hall–Kier alpha value is -2.84. The van der Waals surface area contributed by atoms with Gasteiger partial charge in [-0.1, -0.05) is 24.6 Å². The number of para-hydroxylation sites is 1. The van der Waals surface area contributed by atoms with Gasteiger partial charge >= 0.3 is 0 Å². The highest BCUT2D eigenvalue weighted by Crippen LogP contribution is 2.45. The number of aliphatic hydroxyl groups excluding tert-OH is 1. The summed E-state index contributed by atoms with van der Waals surface area (Å²) in [4.78, 5) is 27.4. The second kappa shape index (κ2) is 10.9. The predicted octanol–water partition coefficient (Wildman–Crippen LogP) is 3.54. The number of amides is 1. The highest BCUT2D eigenvalue weighted by molar-refractivity contribution is 5.92. The number of benzene rings is 1. The Labute approximate surface area is 218 Å². The molecule has 1 aromatic heterocycles. The Morgan fingerprint density at radius 1 is 1.22 bits per heavy atom. The van der Waals surface area contributed by atoms with Gasteiger partial charge in [-0.05, 0) is 76.0 Å². The van der Waals surface area contributed by atoms with Crippen molar-refractivity contribution in [1.29, 1.82) is 0 Å². The second-order valence-electron chi connectivity index (χ2n) is 10.8. The van der Waals surface area contributed by atoms with E-state index in [0.717, 1.165) is 17.8 Å². The molecule has 2 bridgehead atoms. The zero-order chi connectivity index (χ0) is 26.1. The number of fused-ring (bicyclic) bond motifs is 2. The van der Waals surface area contributed by atoms with Crippen LogP contribution in [0.4, 0.5) is 0 Å². The molecule has 8 heteroatoms. The number of hydrogen-bond donors (Lipinski definition) is 2. The molecule has 37 heavy (non-hydrogen) atoms.